The summed E-state index contributed by atoms with van der Waals surface area (Å²) in [5.41, 5.74) is 10.6. The second-order valence-electron chi connectivity index (χ2n) is 16.7. The maximum atomic E-state index is 13.4. The fraction of sp³-hybridized carbons (Fsp3) is 0.667. The Morgan fingerprint density at radius 1 is 0.783 bits per heavy atom. The molecule has 0 amide bonds. The molecule has 0 aliphatic heterocycles. The van der Waals surface area contributed by atoms with Gasteiger partial charge in [-0.3, -0.25) is 9.59 Å². The molecule has 4 aliphatic carbocycles. The van der Waals surface area contributed by atoms with Gasteiger partial charge < -0.3 is 9.47 Å². The van der Waals surface area contributed by atoms with Crippen LogP contribution in [0, 0.1) is 29.6 Å². The lowest BCUT2D eigenvalue weighted by atomic mass is 9.49. The first-order valence-corrected chi connectivity index (χ1v) is 18.3. The maximum absolute atomic E-state index is 13.4. The van der Waals surface area contributed by atoms with Crippen LogP contribution in [0.4, 0.5) is 0 Å². The number of benzene rings is 2. The van der Waals surface area contributed by atoms with Gasteiger partial charge >= 0.3 is 11.9 Å². The van der Waals surface area contributed by atoms with Crippen molar-refractivity contribution in [1.29, 1.82) is 0 Å². The van der Waals surface area contributed by atoms with Gasteiger partial charge in [0, 0.05) is 0 Å². The molecule has 0 aromatic heterocycles. The van der Waals surface area contributed by atoms with Crippen LogP contribution in [-0.4, -0.2) is 25.7 Å². The highest BCUT2D eigenvalue weighted by Gasteiger charge is 2.57. The fourth-order valence-corrected chi connectivity index (χ4v) is 11.4. The lowest BCUT2D eigenvalue weighted by Gasteiger charge is -2.54. The summed E-state index contributed by atoms with van der Waals surface area (Å²) in [6, 6.07) is 10.1. The minimum absolute atomic E-state index is 0.00380. The first-order valence-electron chi connectivity index (χ1n) is 18.3. The molecule has 0 radical (unpaired) electrons. The molecule has 2 saturated carbocycles. The number of carbonyl (C=O) groups is 2. The maximum Gasteiger partial charge on any atom is 0.312 e. The molecule has 46 heavy (non-hydrogen) atoms. The van der Waals surface area contributed by atoms with Crippen LogP contribution in [-0.2, 0) is 49.2 Å². The van der Waals surface area contributed by atoms with E-state index in [1.165, 1.54) is 44.5 Å². The van der Waals surface area contributed by atoms with E-state index >= 15 is 0 Å². The van der Waals surface area contributed by atoms with Crippen molar-refractivity contribution >= 4 is 11.9 Å². The van der Waals surface area contributed by atoms with E-state index in [4.69, 9.17) is 9.47 Å². The molecule has 6 atom stereocenters. The highest BCUT2D eigenvalue weighted by Crippen LogP contribution is 2.59. The average Bonchev–Trinajstić information content (AvgIpc) is 3.01. The molecule has 2 aromatic rings. The predicted molar refractivity (Wildman–Crippen MR) is 185 cm³/mol. The molecule has 2 fully saturated rings. The summed E-state index contributed by atoms with van der Waals surface area (Å²) in [7, 11) is 1.55. The molecule has 0 N–H and O–H groups in total. The van der Waals surface area contributed by atoms with Crippen molar-refractivity contribution < 1.29 is 19.1 Å². The van der Waals surface area contributed by atoms with Gasteiger partial charge in [0.25, 0.3) is 0 Å². The molecule has 0 saturated heterocycles. The van der Waals surface area contributed by atoms with Crippen LogP contribution in [0.15, 0.2) is 24.3 Å². The second kappa shape index (κ2) is 11.8. The first-order chi connectivity index (χ1) is 21.7. The van der Waals surface area contributed by atoms with Crippen molar-refractivity contribution in [3.8, 4) is 0 Å². The Labute approximate surface area is 278 Å². The zero-order valence-corrected chi connectivity index (χ0v) is 30.2. The van der Waals surface area contributed by atoms with E-state index in [0.717, 1.165) is 70.6 Å². The van der Waals surface area contributed by atoms with Crippen LogP contribution >= 0.6 is 0 Å². The topological polar surface area (TPSA) is 52.6 Å². The molecule has 0 heterocycles. The minimum Gasteiger partial charge on any atom is -0.469 e. The van der Waals surface area contributed by atoms with Crippen LogP contribution in [0.25, 0.3) is 0 Å². The number of hydrogen-bond acceptors (Lipinski definition) is 4. The van der Waals surface area contributed by atoms with Crippen molar-refractivity contribution in [1.82, 2.24) is 0 Å². The lowest BCUT2D eigenvalue weighted by Crippen LogP contribution is -2.53. The van der Waals surface area contributed by atoms with Gasteiger partial charge in [0.1, 0.15) is 0 Å². The van der Waals surface area contributed by atoms with E-state index in [9.17, 15) is 9.59 Å². The number of fused-ring (bicyclic) bond motifs is 6. The van der Waals surface area contributed by atoms with Crippen molar-refractivity contribution in [3.63, 3.8) is 0 Å². The van der Waals surface area contributed by atoms with Crippen LogP contribution in [0.3, 0.4) is 0 Å². The Balaban J connectivity index is 1.41. The van der Waals surface area contributed by atoms with Gasteiger partial charge in [-0.2, -0.15) is 0 Å². The largest absolute Gasteiger partial charge is 0.469 e. The van der Waals surface area contributed by atoms with Gasteiger partial charge in [0.15, 0.2) is 0 Å². The first kappa shape index (κ1) is 33.3. The quantitative estimate of drug-likeness (QED) is 0.300. The van der Waals surface area contributed by atoms with E-state index in [-0.39, 0.29) is 34.6 Å². The van der Waals surface area contributed by atoms with Crippen molar-refractivity contribution in [3.05, 3.63) is 68.8 Å². The number of ether oxygens (including phenoxy) is 2. The average molecular weight is 627 g/mol. The molecule has 250 valence electrons. The summed E-state index contributed by atoms with van der Waals surface area (Å²) in [5, 5.41) is 0. The van der Waals surface area contributed by atoms with Crippen LogP contribution < -0.4 is 0 Å². The van der Waals surface area contributed by atoms with Crippen molar-refractivity contribution in [2.24, 2.45) is 22.7 Å². The number of rotatable bonds is 6. The Hall–Kier alpha value is -2.62. The molecular formula is C42H58O4. The van der Waals surface area contributed by atoms with Gasteiger partial charge in [-0.05, 0) is 159 Å². The van der Waals surface area contributed by atoms with Gasteiger partial charge in [-0.15, -0.1) is 0 Å². The minimum atomic E-state index is -0.433. The molecule has 0 spiro atoms. The fourth-order valence-electron chi connectivity index (χ4n) is 11.4. The second-order valence-corrected chi connectivity index (χ2v) is 16.7. The summed E-state index contributed by atoms with van der Waals surface area (Å²) in [5.74, 6) is 0.965. The summed E-state index contributed by atoms with van der Waals surface area (Å²) in [4.78, 5) is 26.6. The molecule has 0 bridgehead atoms. The number of carbonyl (C=O) groups excluding carboxylic acids is 2. The third kappa shape index (κ3) is 4.98. The number of aryl methyl sites for hydroxylation is 3. The van der Waals surface area contributed by atoms with E-state index in [1.807, 2.05) is 6.92 Å². The predicted octanol–water partition coefficient (Wildman–Crippen LogP) is 9.47. The zero-order valence-electron chi connectivity index (χ0n) is 30.2. The van der Waals surface area contributed by atoms with Gasteiger partial charge in [0.05, 0.1) is 24.5 Å². The van der Waals surface area contributed by atoms with Crippen LogP contribution in [0.5, 0.6) is 0 Å². The monoisotopic (exact) mass is 626 g/mol. The van der Waals surface area contributed by atoms with E-state index in [2.05, 4.69) is 72.7 Å². The van der Waals surface area contributed by atoms with E-state index in [0.29, 0.717) is 12.5 Å². The molecule has 6 unspecified atom stereocenters. The summed E-state index contributed by atoms with van der Waals surface area (Å²) in [6.45, 7) is 18.5. The molecule has 2 aromatic carbocycles. The van der Waals surface area contributed by atoms with Crippen LogP contribution in [0.2, 0.25) is 0 Å². The highest BCUT2D eigenvalue weighted by atomic mass is 16.5. The third-order valence-electron chi connectivity index (χ3n) is 13.8. The van der Waals surface area contributed by atoms with E-state index in [1.54, 1.807) is 7.11 Å². The standard InChI is InChI=1S/C42H58O4/c1-10-46-38(44)42(8)20-12-18-40(6)34-25-31(32(26(2)3)23-29(34)14-16-36(40)42)22-30-24-33-28(21-27(30)4)13-15-35-39(33,5)17-11-19-41(35,7)37(43)45-9/h21,23-26,35-36H,10-20,22H2,1-9H3. The Morgan fingerprint density at radius 3 is 1.83 bits per heavy atom. The highest BCUT2D eigenvalue weighted by molar-refractivity contribution is 5.78. The Bertz CT molecular complexity index is 1540. The molecule has 4 heteroatoms. The van der Waals surface area contributed by atoms with Gasteiger partial charge in [-0.1, -0.05) is 64.8 Å². The molecule has 4 aliphatic rings. The van der Waals surface area contributed by atoms with Gasteiger partial charge in [-0.25, -0.2) is 0 Å². The third-order valence-corrected chi connectivity index (χ3v) is 13.8. The number of hydrogen-bond donors (Lipinski definition) is 0. The lowest BCUT2D eigenvalue weighted by molar-refractivity contribution is -0.164. The van der Waals surface area contributed by atoms with Crippen molar-refractivity contribution in [2.75, 3.05) is 13.7 Å². The van der Waals surface area contributed by atoms with Gasteiger partial charge in [0.2, 0.25) is 0 Å². The molecule has 4 nitrogen and oxygen atoms in total. The Morgan fingerprint density at radius 2 is 1.30 bits per heavy atom. The smallest absolute Gasteiger partial charge is 0.312 e. The summed E-state index contributed by atoms with van der Waals surface area (Å²) < 4.78 is 11.1. The molecular weight excluding hydrogens is 568 g/mol. The van der Waals surface area contributed by atoms with E-state index < -0.39 is 10.8 Å². The Kier molecular flexibility index (Phi) is 8.55. The summed E-state index contributed by atoms with van der Waals surface area (Å²) >= 11 is 0. The normalized spacial score (nSPS) is 33.3. The van der Waals surface area contributed by atoms with Crippen LogP contribution in [0.1, 0.15) is 150 Å². The summed E-state index contributed by atoms with van der Waals surface area (Å²) in [6.07, 6.45) is 11.2. The zero-order chi connectivity index (χ0) is 33.2. The SMILES string of the molecule is CCOC(=O)C1(C)CCCC2(C)c3cc(Cc4cc5c(cc4C)CCC4C(C)(C(=O)OC)CCCC54C)c(C(C)C)cc3CCC12. The molecule has 6 rings (SSSR count). The number of methoxy groups -OCH3 is 1. The number of esters is 2. The van der Waals surface area contributed by atoms with Crippen molar-refractivity contribution in [2.45, 2.75) is 143 Å².